The smallest absolute Gasteiger partial charge is 0.253 e. The molecule has 0 saturated heterocycles. The Balaban J connectivity index is 2.68. The van der Waals surface area contributed by atoms with E-state index in [2.05, 4.69) is 10.3 Å². The Morgan fingerprint density at radius 2 is 1.94 bits per heavy atom. The van der Waals surface area contributed by atoms with Gasteiger partial charge in [-0.05, 0) is 31.2 Å². The van der Waals surface area contributed by atoms with Gasteiger partial charge in [0.25, 0.3) is 10.0 Å². The monoisotopic (exact) mass is 260 g/mol. The van der Waals surface area contributed by atoms with E-state index in [1.807, 2.05) is 0 Å². The molecule has 0 radical (unpaired) electrons. The average Bonchev–Trinajstić information content (AvgIpc) is 2.28. The number of sulfonamides is 1. The van der Waals surface area contributed by atoms with Crippen molar-refractivity contribution in [1.29, 1.82) is 0 Å². The lowest BCUT2D eigenvalue weighted by atomic mass is 10.3. The first kappa shape index (κ1) is 13.9. The first-order valence-corrected chi connectivity index (χ1v) is 6.51. The van der Waals surface area contributed by atoms with E-state index in [0.717, 1.165) is 0 Å². The van der Waals surface area contributed by atoms with Crippen molar-refractivity contribution >= 4 is 10.0 Å². The molecule has 0 aliphatic heterocycles. The molecule has 0 fully saturated rings. The highest BCUT2D eigenvalue weighted by molar-refractivity contribution is 7.89. The van der Waals surface area contributed by atoms with E-state index < -0.39 is 16.1 Å². The predicted octanol–water partition coefficient (Wildman–Crippen LogP) is -0.141. The van der Waals surface area contributed by atoms with Crippen LogP contribution < -0.4 is 15.0 Å². The molecule has 1 atom stereocenters. The molecule has 0 heterocycles. The van der Waals surface area contributed by atoms with Gasteiger partial charge in [-0.3, -0.25) is 0 Å². The summed E-state index contributed by atoms with van der Waals surface area (Å²) in [5, 5.41) is 8.97. The Bertz CT molecular complexity index is 442. The molecule has 1 unspecified atom stereocenters. The number of nitrogens with one attached hydrogen (secondary N) is 2. The van der Waals surface area contributed by atoms with Gasteiger partial charge >= 0.3 is 0 Å². The standard InChI is InChI=1S/C10H16N2O4S/c1-8(13)7-11-12-17(14,15)10-5-3-9(16-2)4-6-10/h3-6,8,11-13H,7H2,1-2H3. The fourth-order valence-corrected chi connectivity index (χ4v) is 1.98. The Morgan fingerprint density at radius 1 is 1.35 bits per heavy atom. The summed E-state index contributed by atoms with van der Waals surface area (Å²) in [6.07, 6.45) is -0.631. The van der Waals surface area contributed by atoms with Crippen LogP contribution in [0.4, 0.5) is 0 Å². The van der Waals surface area contributed by atoms with Crippen molar-refractivity contribution < 1.29 is 18.3 Å². The molecule has 0 spiro atoms. The lowest BCUT2D eigenvalue weighted by molar-refractivity contribution is 0.189. The zero-order valence-corrected chi connectivity index (χ0v) is 10.5. The van der Waals surface area contributed by atoms with Gasteiger partial charge < -0.3 is 9.84 Å². The Labute approximate surface area is 101 Å². The van der Waals surface area contributed by atoms with Crippen molar-refractivity contribution in [2.24, 2.45) is 0 Å². The van der Waals surface area contributed by atoms with Crippen molar-refractivity contribution in [2.75, 3.05) is 13.7 Å². The molecule has 0 saturated carbocycles. The molecule has 0 aliphatic rings. The highest BCUT2D eigenvalue weighted by atomic mass is 32.2. The largest absolute Gasteiger partial charge is 0.497 e. The lowest BCUT2D eigenvalue weighted by Crippen LogP contribution is -2.40. The number of aliphatic hydroxyl groups excluding tert-OH is 1. The van der Waals surface area contributed by atoms with Gasteiger partial charge in [0.05, 0.1) is 18.1 Å². The van der Waals surface area contributed by atoms with E-state index in [4.69, 9.17) is 9.84 Å². The molecule has 17 heavy (non-hydrogen) atoms. The van der Waals surface area contributed by atoms with Gasteiger partial charge in [-0.1, -0.05) is 0 Å². The topological polar surface area (TPSA) is 87.7 Å². The van der Waals surface area contributed by atoms with Gasteiger partial charge in [-0.25, -0.2) is 13.8 Å². The third-order valence-electron chi connectivity index (χ3n) is 1.97. The maximum absolute atomic E-state index is 11.7. The number of rotatable bonds is 6. The third kappa shape index (κ3) is 4.31. The lowest BCUT2D eigenvalue weighted by Gasteiger charge is -2.09. The molecule has 1 aromatic rings. The van der Waals surface area contributed by atoms with Gasteiger partial charge in [0.2, 0.25) is 0 Å². The number of hydrogen-bond donors (Lipinski definition) is 3. The molecule has 0 aliphatic carbocycles. The Kier molecular flexibility index (Phi) is 4.88. The maximum atomic E-state index is 11.7. The second kappa shape index (κ2) is 5.97. The molecular weight excluding hydrogens is 244 g/mol. The molecule has 6 nitrogen and oxygen atoms in total. The maximum Gasteiger partial charge on any atom is 0.253 e. The summed E-state index contributed by atoms with van der Waals surface area (Å²) in [6, 6.07) is 5.99. The third-order valence-corrected chi connectivity index (χ3v) is 3.28. The predicted molar refractivity (Wildman–Crippen MR) is 63.0 cm³/mol. The van der Waals surface area contributed by atoms with Crippen LogP contribution in [0, 0.1) is 0 Å². The minimum absolute atomic E-state index is 0.122. The van der Waals surface area contributed by atoms with E-state index in [1.165, 1.54) is 19.2 Å². The van der Waals surface area contributed by atoms with Crippen molar-refractivity contribution in [1.82, 2.24) is 10.3 Å². The molecule has 0 amide bonds. The number of benzene rings is 1. The van der Waals surface area contributed by atoms with Crippen LogP contribution in [0.5, 0.6) is 5.75 Å². The quantitative estimate of drug-likeness (QED) is 0.620. The van der Waals surface area contributed by atoms with E-state index in [-0.39, 0.29) is 11.4 Å². The number of ether oxygens (including phenoxy) is 1. The number of hydrazine groups is 1. The number of methoxy groups -OCH3 is 1. The van der Waals surface area contributed by atoms with Gasteiger partial charge in [-0.2, -0.15) is 0 Å². The van der Waals surface area contributed by atoms with E-state index in [9.17, 15) is 8.42 Å². The van der Waals surface area contributed by atoms with Crippen molar-refractivity contribution in [2.45, 2.75) is 17.9 Å². The Hall–Kier alpha value is -1.15. The molecule has 3 N–H and O–H groups in total. The van der Waals surface area contributed by atoms with Crippen LogP contribution in [0.2, 0.25) is 0 Å². The van der Waals surface area contributed by atoms with Crippen molar-refractivity contribution in [3.05, 3.63) is 24.3 Å². The van der Waals surface area contributed by atoms with Crippen LogP contribution in [0.1, 0.15) is 6.92 Å². The zero-order chi connectivity index (χ0) is 12.9. The summed E-state index contributed by atoms with van der Waals surface area (Å²) in [6.45, 7) is 1.68. The second-order valence-corrected chi connectivity index (χ2v) is 5.19. The van der Waals surface area contributed by atoms with Gasteiger partial charge in [0.1, 0.15) is 5.75 Å². The zero-order valence-electron chi connectivity index (χ0n) is 9.67. The van der Waals surface area contributed by atoms with Gasteiger partial charge in [-0.15, -0.1) is 4.83 Å². The van der Waals surface area contributed by atoms with Crippen molar-refractivity contribution in [3.8, 4) is 5.75 Å². The summed E-state index contributed by atoms with van der Waals surface area (Å²) in [4.78, 5) is 2.29. The minimum Gasteiger partial charge on any atom is -0.497 e. The highest BCUT2D eigenvalue weighted by Crippen LogP contribution is 2.14. The highest BCUT2D eigenvalue weighted by Gasteiger charge is 2.13. The molecular formula is C10H16N2O4S. The summed E-state index contributed by atoms with van der Waals surface area (Å²) in [5.74, 6) is 0.584. The molecule has 0 bridgehead atoms. The second-order valence-electron chi connectivity index (χ2n) is 3.51. The van der Waals surface area contributed by atoms with Crippen LogP contribution in [-0.4, -0.2) is 33.3 Å². The fraction of sp³-hybridized carbons (Fsp3) is 0.400. The summed E-state index contributed by atoms with van der Waals surface area (Å²) in [5.41, 5.74) is 2.43. The first-order chi connectivity index (χ1) is 7.95. The van der Waals surface area contributed by atoms with E-state index >= 15 is 0 Å². The summed E-state index contributed by atoms with van der Waals surface area (Å²) in [7, 11) is -2.10. The van der Waals surface area contributed by atoms with Crippen LogP contribution in [-0.2, 0) is 10.0 Å². The molecule has 1 aromatic carbocycles. The summed E-state index contributed by atoms with van der Waals surface area (Å²) < 4.78 is 28.4. The van der Waals surface area contributed by atoms with Crippen LogP contribution in [0.25, 0.3) is 0 Å². The van der Waals surface area contributed by atoms with Gasteiger partial charge in [0.15, 0.2) is 0 Å². The average molecular weight is 260 g/mol. The van der Waals surface area contributed by atoms with E-state index in [1.54, 1.807) is 19.1 Å². The fourth-order valence-electron chi connectivity index (χ4n) is 1.10. The molecule has 7 heteroatoms. The molecule has 1 rings (SSSR count). The number of hydrogen-bond acceptors (Lipinski definition) is 5. The molecule has 0 aromatic heterocycles. The number of aliphatic hydroxyl groups is 1. The SMILES string of the molecule is COc1ccc(S(=O)(=O)NNCC(C)O)cc1. The van der Waals surface area contributed by atoms with Gasteiger partial charge in [0, 0.05) is 6.54 Å². The minimum atomic E-state index is -3.61. The normalized spacial score (nSPS) is 13.4. The Morgan fingerprint density at radius 3 is 2.41 bits per heavy atom. The summed E-state index contributed by atoms with van der Waals surface area (Å²) >= 11 is 0. The van der Waals surface area contributed by atoms with Crippen LogP contribution >= 0.6 is 0 Å². The van der Waals surface area contributed by atoms with Crippen molar-refractivity contribution in [3.63, 3.8) is 0 Å². The van der Waals surface area contributed by atoms with E-state index in [0.29, 0.717) is 5.75 Å². The van der Waals surface area contributed by atoms with Crippen LogP contribution in [0.15, 0.2) is 29.2 Å². The van der Waals surface area contributed by atoms with Crippen LogP contribution in [0.3, 0.4) is 0 Å². The molecule has 96 valence electrons. The first-order valence-electron chi connectivity index (χ1n) is 5.02.